The number of hydrogen-bond acceptors (Lipinski definition) is 3. The average Bonchev–Trinajstić information content (AvgIpc) is 2.90. The molecule has 0 heterocycles. The molecule has 1 aromatic carbocycles. The lowest BCUT2D eigenvalue weighted by atomic mass is 9.55. The molecule has 0 aromatic heterocycles. The minimum atomic E-state index is -0.108. The van der Waals surface area contributed by atoms with Crippen molar-refractivity contribution in [2.45, 2.75) is 70.8 Å². The number of carbonyl (C=O) groups excluding carboxylic acids is 1. The molecule has 1 N–H and O–H groups in total. The van der Waals surface area contributed by atoms with Crippen LogP contribution >= 0.6 is 0 Å². The number of fused-ring (bicyclic) bond motifs is 5. The van der Waals surface area contributed by atoms with Gasteiger partial charge >= 0.3 is 0 Å². The molecule has 3 aliphatic carbocycles. The van der Waals surface area contributed by atoms with Gasteiger partial charge in [-0.1, -0.05) is 26.3 Å². The molecule has 0 bridgehead atoms. The van der Waals surface area contributed by atoms with E-state index < -0.39 is 0 Å². The molecule has 0 saturated heterocycles. The highest BCUT2D eigenvalue weighted by Gasteiger charge is 2.55. The van der Waals surface area contributed by atoms with Crippen LogP contribution in [0.2, 0.25) is 0 Å². The van der Waals surface area contributed by atoms with E-state index in [4.69, 9.17) is 4.74 Å². The zero-order valence-corrected chi connectivity index (χ0v) is 15.5. The van der Waals surface area contributed by atoms with Gasteiger partial charge in [-0.3, -0.25) is 4.79 Å². The van der Waals surface area contributed by atoms with Crippen molar-refractivity contribution in [1.82, 2.24) is 0 Å². The number of benzene rings is 1. The first kappa shape index (κ1) is 17.1. The van der Waals surface area contributed by atoms with E-state index in [-0.39, 0.29) is 11.5 Å². The van der Waals surface area contributed by atoms with Crippen LogP contribution in [0.1, 0.15) is 81.9 Å². The van der Waals surface area contributed by atoms with Gasteiger partial charge in [0.15, 0.2) is 0 Å². The Morgan fingerprint density at radius 1 is 1.28 bits per heavy atom. The molecule has 0 unspecified atom stereocenters. The van der Waals surface area contributed by atoms with Crippen LogP contribution in [0.5, 0.6) is 5.75 Å². The van der Waals surface area contributed by atoms with Crippen molar-refractivity contribution in [3.8, 4) is 5.75 Å². The van der Waals surface area contributed by atoms with Crippen molar-refractivity contribution in [3.05, 3.63) is 29.3 Å². The lowest BCUT2D eigenvalue weighted by Crippen LogP contribution is -2.43. The summed E-state index contributed by atoms with van der Waals surface area (Å²) in [4.78, 5) is 12.5. The Balaban J connectivity index is 1.68. The summed E-state index contributed by atoms with van der Waals surface area (Å²) < 4.78 is 6.27. The molecular weight excluding hydrogens is 312 g/mol. The number of phenols is 1. The highest BCUT2D eigenvalue weighted by molar-refractivity contribution is 5.87. The van der Waals surface area contributed by atoms with Gasteiger partial charge in [-0.2, -0.15) is 0 Å². The zero-order valence-electron chi connectivity index (χ0n) is 15.5. The lowest BCUT2D eigenvalue weighted by molar-refractivity contribution is -0.130. The van der Waals surface area contributed by atoms with Crippen LogP contribution in [-0.4, -0.2) is 17.5 Å². The van der Waals surface area contributed by atoms with Crippen molar-refractivity contribution < 1.29 is 14.6 Å². The highest BCUT2D eigenvalue weighted by atomic mass is 16.5. The number of ether oxygens (including phenoxy) is 1. The van der Waals surface area contributed by atoms with Gasteiger partial charge < -0.3 is 9.84 Å². The van der Waals surface area contributed by atoms with Gasteiger partial charge in [0, 0.05) is 18.4 Å². The minimum absolute atomic E-state index is 0.0629. The van der Waals surface area contributed by atoms with E-state index in [9.17, 15) is 9.90 Å². The molecule has 25 heavy (non-hydrogen) atoms. The summed E-state index contributed by atoms with van der Waals surface area (Å²) in [7, 11) is 0. The van der Waals surface area contributed by atoms with E-state index in [1.165, 1.54) is 11.1 Å². The fraction of sp³-hybridized carbons (Fsp3) is 0.682. The lowest BCUT2D eigenvalue weighted by Gasteiger charge is -2.49. The second kappa shape index (κ2) is 6.42. The maximum Gasteiger partial charge on any atom is 0.139 e. The molecule has 3 heteroatoms. The Morgan fingerprint density at radius 3 is 2.92 bits per heavy atom. The first-order valence-corrected chi connectivity index (χ1v) is 10.0. The second-order valence-electron chi connectivity index (χ2n) is 8.56. The maximum absolute atomic E-state index is 12.5. The molecule has 0 spiro atoms. The molecule has 2 saturated carbocycles. The summed E-state index contributed by atoms with van der Waals surface area (Å²) in [6.45, 7) is 5.16. The van der Waals surface area contributed by atoms with Gasteiger partial charge in [0.1, 0.15) is 11.5 Å². The normalized spacial score (nSPS) is 36.6. The smallest absolute Gasteiger partial charge is 0.139 e. The first-order chi connectivity index (χ1) is 12.0. The van der Waals surface area contributed by atoms with E-state index in [1.807, 2.05) is 12.1 Å². The Kier molecular flexibility index (Phi) is 4.39. The third kappa shape index (κ3) is 2.71. The van der Waals surface area contributed by atoms with Gasteiger partial charge in [0.05, 0.1) is 6.10 Å². The SMILES string of the molecule is CCCCO[C@@H]1C[C@@H]2[C@H](CC[C@]3(C)C(=O)CC[C@@H]23)c2ccc(O)cc21. The third-order valence-corrected chi connectivity index (χ3v) is 7.27. The van der Waals surface area contributed by atoms with Crippen molar-refractivity contribution >= 4 is 5.78 Å². The summed E-state index contributed by atoms with van der Waals surface area (Å²) in [6.07, 6.45) is 7.16. The Bertz CT molecular complexity index is 667. The molecule has 136 valence electrons. The number of hydrogen-bond donors (Lipinski definition) is 1. The van der Waals surface area contributed by atoms with E-state index in [2.05, 4.69) is 19.9 Å². The molecule has 0 radical (unpaired) electrons. The number of rotatable bonds is 4. The number of unbranched alkanes of at least 4 members (excludes halogenated alkanes) is 1. The molecule has 0 amide bonds. The van der Waals surface area contributed by atoms with Gasteiger partial charge in [0.2, 0.25) is 0 Å². The Labute approximate surface area is 150 Å². The van der Waals surface area contributed by atoms with Crippen LogP contribution in [0.15, 0.2) is 18.2 Å². The third-order valence-electron chi connectivity index (χ3n) is 7.27. The van der Waals surface area contributed by atoms with Crippen LogP contribution in [0.25, 0.3) is 0 Å². The van der Waals surface area contributed by atoms with E-state index in [0.29, 0.717) is 29.3 Å². The van der Waals surface area contributed by atoms with Crippen molar-refractivity contribution in [2.75, 3.05) is 6.61 Å². The van der Waals surface area contributed by atoms with Gasteiger partial charge in [-0.25, -0.2) is 0 Å². The van der Waals surface area contributed by atoms with Crippen LogP contribution in [0.3, 0.4) is 0 Å². The van der Waals surface area contributed by atoms with Gasteiger partial charge in [0.25, 0.3) is 0 Å². The van der Waals surface area contributed by atoms with Gasteiger partial charge in [-0.15, -0.1) is 0 Å². The quantitative estimate of drug-likeness (QED) is 0.771. The Hall–Kier alpha value is -1.35. The van der Waals surface area contributed by atoms with Crippen molar-refractivity contribution in [3.63, 3.8) is 0 Å². The highest BCUT2D eigenvalue weighted by Crippen LogP contribution is 2.61. The number of phenolic OH excluding ortho intramolecular Hbond substituents is 1. The largest absolute Gasteiger partial charge is 0.508 e. The molecule has 2 fully saturated rings. The second-order valence-corrected chi connectivity index (χ2v) is 8.56. The number of aromatic hydroxyl groups is 1. The summed E-state index contributed by atoms with van der Waals surface area (Å²) in [5, 5.41) is 10.00. The summed E-state index contributed by atoms with van der Waals surface area (Å²) in [5.41, 5.74) is 2.44. The fourth-order valence-electron chi connectivity index (χ4n) is 5.85. The van der Waals surface area contributed by atoms with Crippen LogP contribution in [-0.2, 0) is 9.53 Å². The van der Waals surface area contributed by atoms with Crippen molar-refractivity contribution in [2.24, 2.45) is 17.3 Å². The van der Waals surface area contributed by atoms with Crippen molar-refractivity contribution in [1.29, 1.82) is 0 Å². The average molecular weight is 342 g/mol. The van der Waals surface area contributed by atoms with Crippen LogP contribution < -0.4 is 0 Å². The van der Waals surface area contributed by atoms with E-state index in [1.54, 1.807) is 0 Å². The predicted molar refractivity (Wildman–Crippen MR) is 97.6 cm³/mol. The molecular formula is C22H30O3. The number of Topliss-reactive ketones (excluding diaryl/α,β-unsaturated/α-hetero) is 1. The van der Waals surface area contributed by atoms with E-state index in [0.717, 1.165) is 51.6 Å². The molecule has 3 nitrogen and oxygen atoms in total. The molecule has 0 aliphatic heterocycles. The fourth-order valence-corrected chi connectivity index (χ4v) is 5.85. The summed E-state index contributed by atoms with van der Waals surface area (Å²) in [6, 6.07) is 5.84. The number of carbonyl (C=O) groups is 1. The summed E-state index contributed by atoms with van der Waals surface area (Å²) in [5.74, 6) is 2.37. The topological polar surface area (TPSA) is 46.5 Å². The van der Waals surface area contributed by atoms with Gasteiger partial charge in [-0.05, 0) is 73.1 Å². The minimum Gasteiger partial charge on any atom is -0.508 e. The molecule has 4 rings (SSSR count). The van der Waals surface area contributed by atoms with Crippen LogP contribution in [0.4, 0.5) is 0 Å². The number of ketones is 1. The predicted octanol–water partition coefficient (Wildman–Crippen LogP) is 5.13. The zero-order chi connectivity index (χ0) is 17.6. The molecule has 5 atom stereocenters. The monoisotopic (exact) mass is 342 g/mol. The van der Waals surface area contributed by atoms with E-state index >= 15 is 0 Å². The molecule has 1 aromatic rings. The van der Waals surface area contributed by atoms with Crippen LogP contribution in [0, 0.1) is 17.3 Å². The summed E-state index contributed by atoms with van der Waals surface area (Å²) >= 11 is 0. The maximum atomic E-state index is 12.5. The molecule has 3 aliphatic rings. The standard InChI is InChI=1S/C22H30O3/c1-3-4-11-25-20-13-17-16(15-6-5-14(23)12-18(15)20)9-10-22(2)19(17)7-8-21(22)24/h5-6,12,16-17,19-20,23H,3-4,7-11,13H2,1-2H3/t16-,17-,19+,20-,22+/m1/s1. The Morgan fingerprint density at radius 2 is 2.12 bits per heavy atom. The first-order valence-electron chi connectivity index (χ1n) is 10.0.